The van der Waals surface area contributed by atoms with Crippen molar-refractivity contribution in [3.63, 3.8) is 0 Å². The lowest BCUT2D eigenvalue weighted by Gasteiger charge is -2.15. The van der Waals surface area contributed by atoms with Crippen LogP contribution in [-0.4, -0.2) is 44.6 Å². The number of aliphatic hydroxyl groups excluding tert-OH is 1. The van der Waals surface area contributed by atoms with Crippen molar-refractivity contribution in [2.45, 2.75) is 46.3 Å². The zero-order valence-electron chi connectivity index (χ0n) is 11.5. The second kappa shape index (κ2) is 6.29. The molecule has 0 aliphatic carbocycles. The predicted octanol–water partition coefficient (Wildman–Crippen LogP) is 1.06. The van der Waals surface area contributed by atoms with Crippen LogP contribution in [0.15, 0.2) is 0 Å². The van der Waals surface area contributed by atoms with Crippen molar-refractivity contribution in [3.8, 4) is 0 Å². The molecule has 0 amide bonds. The molecule has 0 saturated carbocycles. The highest BCUT2D eigenvalue weighted by Crippen LogP contribution is 2.13. The van der Waals surface area contributed by atoms with E-state index in [1.165, 1.54) is 25.9 Å². The van der Waals surface area contributed by atoms with Crippen molar-refractivity contribution in [2.24, 2.45) is 5.92 Å². The molecular formula is C13H24N4O. The van der Waals surface area contributed by atoms with Crippen LogP contribution in [0.4, 0.5) is 0 Å². The van der Waals surface area contributed by atoms with E-state index >= 15 is 0 Å². The molecule has 2 rings (SSSR count). The molecule has 5 heteroatoms. The number of nitrogens with zero attached hydrogens (tertiary/aromatic N) is 4. The molecule has 18 heavy (non-hydrogen) atoms. The van der Waals surface area contributed by atoms with Crippen molar-refractivity contribution < 1.29 is 5.11 Å². The number of aromatic nitrogens is 3. The Morgan fingerprint density at radius 3 is 2.56 bits per heavy atom. The fourth-order valence-electron chi connectivity index (χ4n) is 2.52. The van der Waals surface area contributed by atoms with E-state index in [4.69, 9.17) is 0 Å². The van der Waals surface area contributed by atoms with Crippen LogP contribution in [-0.2, 0) is 19.6 Å². The first-order chi connectivity index (χ1) is 8.70. The van der Waals surface area contributed by atoms with Gasteiger partial charge in [0.05, 0.1) is 18.8 Å². The summed E-state index contributed by atoms with van der Waals surface area (Å²) in [6.45, 7) is 8.69. The summed E-state index contributed by atoms with van der Waals surface area (Å²) in [6, 6.07) is 0. The molecule has 2 heterocycles. The van der Waals surface area contributed by atoms with Gasteiger partial charge in [-0.1, -0.05) is 19.1 Å². The van der Waals surface area contributed by atoms with Gasteiger partial charge in [0.25, 0.3) is 0 Å². The number of hydrogen-bond acceptors (Lipinski definition) is 4. The molecule has 1 fully saturated rings. The number of hydrogen-bond donors (Lipinski definition) is 1. The Morgan fingerprint density at radius 1 is 1.22 bits per heavy atom. The molecule has 1 N–H and O–H groups in total. The van der Waals surface area contributed by atoms with Gasteiger partial charge in [0.1, 0.15) is 5.69 Å². The molecule has 102 valence electrons. The molecule has 0 spiro atoms. The van der Waals surface area contributed by atoms with Crippen LogP contribution in [0.3, 0.4) is 0 Å². The molecule has 1 aromatic rings. The van der Waals surface area contributed by atoms with E-state index < -0.39 is 0 Å². The molecule has 1 aromatic heterocycles. The van der Waals surface area contributed by atoms with Crippen LogP contribution >= 0.6 is 0 Å². The second-order valence-electron chi connectivity index (χ2n) is 5.51. The first-order valence-electron chi connectivity index (χ1n) is 6.95. The molecular weight excluding hydrogens is 228 g/mol. The smallest absolute Gasteiger partial charge is 0.111 e. The molecule has 0 radical (unpaired) electrons. The van der Waals surface area contributed by atoms with Gasteiger partial charge >= 0.3 is 0 Å². The maximum atomic E-state index is 9.30. The van der Waals surface area contributed by atoms with Crippen LogP contribution < -0.4 is 0 Å². The van der Waals surface area contributed by atoms with Crippen molar-refractivity contribution in [1.82, 2.24) is 19.9 Å². The van der Waals surface area contributed by atoms with Crippen molar-refractivity contribution in [1.29, 1.82) is 0 Å². The molecule has 5 nitrogen and oxygen atoms in total. The molecule has 1 aliphatic heterocycles. The Kier molecular flexibility index (Phi) is 4.72. The van der Waals surface area contributed by atoms with Gasteiger partial charge in [0, 0.05) is 6.54 Å². The first-order valence-corrected chi connectivity index (χ1v) is 6.95. The Hall–Kier alpha value is -0.940. The van der Waals surface area contributed by atoms with Crippen LogP contribution in [0.25, 0.3) is 0 Å². The monoisotopic (exact) mass is 252 g/mol. The standard InChI is InChI=1S/C13H24N4O/c1-11(2)9-13-12(10-18)14-15-17(13)8-7-16-5-3-4-6-16/h11,18H,3-10H2,1-2H3. The molecule has 0 bridgehead atoms. The van der Waals surface area contributed by atoms with E-state index in [0.717, 1.165) is 30.9 Å². The maximum Gasteiger partial charge on any atom is 0.111 e. The average molecular weight is 252 g/mol. The van der Waals surface area contributed by atoms with Gasteiger partial charge in [0.2, 0.25) is 0 Å². The zero-order valence-corrected chi connectivity index (χ0v) is 11.5. The summed E-state index contributed by atoms with van der Waals surface area (Å²) < 4.78 is 1.98. The van der Waals surface area contributed by atoms with Crippen molar-refractivity contribution in [3.05, 3.63) is 11.4 Å². The lowest BCUT2D eigenvalue weighted by Crippen LogP contribution is -2.25. The van der Waals surface area contributed by atoms with E-state index in [2.05, 4.69) is 29.1 Å². The normalized spacial score (nSPS) is 16.9. The fourth-order valence-corrected chi connectivity index (χ4v) is 2.52. The molecule has 1 aliphatic rings. The summed E-state index contributed by atoms with van der Waals surface area (Å²) in [6.07, 6.45) is 3.57. The van der Waals surface area contributed by atoms with Gasteiger partial charge in [-0.15, -0.1) is 5.10 Å². The number of aliphatic hydroxyl groups is 1. The number of rotatable bonds is 6. The fraction of sp³-hybridized carbons (Fsp3) is 0.846. The summed E-state index contributed by atoms with van der Waals surface area (Å²) in [4.78, 5) is 2.47. The van der Waals surface area contributed by atoms with Crippen molar-refractivity contribution in [2.75, 3.05) is 19.6 Å². The quantitative estimate of drug-likeness (QED) is 0.822. The van der Waals surface area contributed by atoms with Gasteiger partial charge in [-0.05, 0) is 38.3 Å². The van der Waals surface area contributed by atoms with Gasteiger partial charge in [-0.25, -0.2) is 4.68 Å². The Balaban J connectivity index is 1.99. The second-order valence-corrected chi connectivity index (χ2v) is 5.51. The topological polar surface area (TPSA) is 54.2 Å². The lowest BCUT2D eigenvalue weighted by atomic mass is 10.1. The van der Waals surface area contributed by atoms with Gasteiger partial charge in [-0.3, -0.25) is 0 Å². The SMILES string of the molecule is CC(C)Cc1c(CO)nnn1CCN1CCCC1. The van der Waals surface area contributed by atoms with Gasteiger partial charge in [-0.2, -0.15) is 0 Å². The highest BCUT2D eigenvalue weighted by molar-refractivity contribution is 5.09. The highest BCUT2D eigenvalue weighted by Gasteiger charge is 2.16. The summed E-state index contributed by atoms with van der Waals surface area (Å²) in [5.74, 6) is 0.555. The highest BCUT2D eigenvalue weighted by atomic mass is 16.3. The van der Waals surface area contributed by atoms with Crippen LogP contribution in [0.5, 0.6) is 0 Å². The lowest BCUT2D eigenvalue weighted by molar-refractivity contribution is 0.274. The first kappa shape index (κ1) is 13.5. The molecule has 1 saturated heterocycles. The van der Waals surface area contributed by atoms with Crippen molar-refractivity contribution >= 4 is 0 Å². The largest absolute Gasteiger partial charge is 0.390 e. The zero-order chi connectivity index (χ0) is 13.0. The summed E-state index contributed by atoms with van der Waals surface area (Å²) in [5.41, 5.74) is 1.84. The summed E-state index contributed by atoms with van der Waals surface area (Å²) in [5, 5.41) is 17.6. The Bertz CT molecular complexity index is 369. The minimum Gasteiger partial charge on any atom is -0.390 e. The van der Waals surface area contributed by atoms with E-state index in [1.807, 2.05) is 4.68 Å². The molecule has 0 atom stereocenters. The molecule has 0 unspecified atom stereocenters. The van der Waals surface area contributed by atoms with Gasteiger partial charge in [0.15, 0.2) is 0 Å². The van der Waals surface area contributed by atoms with E-state index in [0.29, 0.717) is 5.92 Å². The summed E-state index contributed by atoms with van der Waals surface area (Å²) >= 11 is 0. The van der Waals surface area contributed by atoms with Gasteiger partial charge < -0.3 is 10.0 Å². The van der Waals surface area contributed by atoms with E-state index in [-0.39, 0.29) is 6.61 Å². The van der Waals surface area contributed by atoms with Crippen LogP contribution in [0, 0.1) is 5.92 Å². The third-order valence-corrected chi connectivity index (χ3v) is 3.50. The Morgan fingerprint density at radius 2 is 1.94 bits per heavy atom. The maximum absolute atomic E-state index is 9.30. The third kappa shape index (κ3) is 3.29. The van der Waals surface area contributed by atoms with E-state index in [1.54, 1.807) is 0 Å². The third-order valence-electron chi connectivity index (χ3n) is 3.50. The minimum atomic E-state index is -0.00817. The predicted molar refractivity (Wildman–Crippen MR) is 70.2 cm³/mol. The average Bonchev–Trinajstić information content (AvgIpc) is 2.95. The van der Waals surface area contributed by atoms with Crippen LogP contribution in [0.2, 0.25) is 0 Å². The van der Waals surface area contributed by atoms with Crippen LogP contribution in [0.1, 0.15) is 38.1 Å². The molecule has 0 aromatic carbocycles. The Labute approximate surface area is 109 Å². The van der Waals surface area contributed by atoms with E-state index in [9.17, 15) is 5.11 Å². The number of likely N-dealkylation sites (tertiary alicyclic amines) is 1. The minimum absolute atomic E-state index is 0.00817. The summed E-state index contributed by atoms with van der Waals surface area (Å²) in [7, 11) is 0.